The van der Waals surface area contributed by atoms with Crippen LogP contribution in [0.3, 0.4) is 0 Å². The predicted molar refractivity (Wildman–Crippen MR) is 105 cm³/mol. The van der Waals surface area contributed by atoms with Gasteiger partial charge in [-0.1, -0.05) is 31.2 Å². The van der Waals surface area contributed by atoms with E-state index in [-0.39, 0.29) is 0 Å². The summed E-state index contributed by atoms with van der Waals surface area (Å²) in [4.78, 5) is 9.82. The molecule has 1 atom stereocenters. The Kier molecular flexibility index (Phi) is 8.12. The van der Waals surface area contributed by atoms with Crippen LogP contribution in [0.4, 0.5) is 0 Å². The maximum Gasteiger partial charge on any atom is 0.218 e. The maximum atomic E-state index is 5.55. The van der Waals surface area contributed by atoms with Gasteiger partial charge in [-0.3, -0.25) is 4.99 Å². The topological polar surface area (TPSA) is 58.5 Å². The molecule has 6 heteroatoms. The van der Waals surface area contributed by atoms with Gasteiger partial charge in [0.25, 0.3) is 0 Å². The zero-order chi connectivity index (χ0) is 17.9. The smallest absolute Gasteiger partial charge is 0.218 e. The van der Waals surface area contributed by atoms with Gasteiger partial charge in [-0.25, -0.2) is 4.98 Å². The van der Waals surface area contributed by atoms with Crippen molar-refractivity contribution < 1.29 is 4.74 Å². The van der Waals surface area contributed by atoms with E-state index in [9.17, 15) is 0 Å². The van der Waals surface area contributed by atoms with E-state index in [2.05, 4.69) is 51.8 Å². The summed E-state index contributed by atoms with van der Waals surface area (Å²) in [6, 6.07) is 14.3. The SMILES string of the molecule is CCOc1ncccc1CNC(=NC)NCC(C)Sc1ccccc1. The van der Waals surface area contributed by atoms with Crippen LogP contribution in [0.2, 0.25) is 0 Å². The van der Waals surface area contributed by atoms with Crippen LogP contribution in [0.1, 0.15) is 19.4 Å². The van der Waals surface area contributed by atoms with Crippen molar-refractivity contribution in [1.82, 2.24) is 15.6 Å². The normalized spacial score (nSPS) is 12.5. The van der Waals surface area contributed by atoms with Crippen molar-refractivity contribution in [2.45, 2.75) is 30.5 Å². The van der Waals surface area contributed by atoms with Crippen LogP contribution in [-0.4, -0.2) is 36.4 Å². The van der Waals surface area contributed by atoms with Crippen molar-refractivity contribution in [3.8, 4) is 5.88 Å². The molecule has 1 aromatic carbocycles. The molecule has 0 amide bonds. The van der Waals surface area contributed by atoms with Gasteiger partial charge in [0.05, 0.1) is 6.61 Å². The number of ether oxygens (including phenoxy) is 1. The molecule has 0 bridgehead atoms. The number of guanidine groups is 1. The summed E-state index contributed by atoms with van der Waals surface area (Å²) in [6.45, 7) is 6.20. The molecule has 0 aliphatic rings. The summed E-state index contributed by atoms with van der Waals surface area (Å²) in [5.74, 6) is 1.44. The van der Waals surface area contributed by atoms with Gasteiger partial charge in [0.2, 0.25) is 5.88 Å². The van der Waals surface area contributed by atoms with E-state index < -0.39 is 0 Å². The molecule has 0 aliphatic heterocycles. The molecule has 0 saturated carbocycles. The molecule has 2 rings (SSSR count). The van der Waals surface area contributed by atoms with Gasteiger partial charge in [-0.05, 0) is 25.1 Å². The van der Waals surface area contributed by atoms with Crippen molar-refractivity contribution in [3.05, 3.63) is 54.2 Å². The minimum atomic E-state index is 0.429. The minimum absolute atomic E-state index is 0.429. The average Bonchev–Trinajstić information content (AvgIpc) is 2.64. The standard InChI is InChI=1S/C19H26N4OS/c1-4-24-18-16(9-8-12-21-18)14-23-19(20-3)22-13-15(2)25-17-10-6-5-7-11-17/h5-12,15H,4,13-14H2,1-3H3,(H2,20,22,23). The van der Waals surface area contributed by atoms with E-state index in [1.54, 1.807) is 13.2 Å². The van der Waals surface area contributed by atoms with E-state index in [4.69, 9.17) is 4.74 Å². The van der Waals surface area contributed by atoms with Crippen LogP contribution in [0.15, 0.2) is 58.5 Å². The number of aromatic nitrogens is 1. The Morgan fingerprint density at radius 1 is 1.20 bits per heavy atom. The van der Waals surface area contributed by atoms with Crippen LogP contribution < -0.4 is 15.4 Å². The summed E-state index contributed by atoms with van der Waals surface area (Å²) in [6.07, 6.45) is 1.74. The molecule has 1 aromatic heterocycles. The van der Waals surface area contributed by atoms with Gasteiger partial charge in [-0.2, -0.15) is 0 Å². The second-order valence-corrected chi connectivity index (χ2v) is 6.96. The Bertz CT molecular complexity index is 663. The second-order valence-electron chi connectivity index (χ2n) is 5.45. The van der Waals surface area contributed by atoms with Crippen molar-refractivity contribution >= 4 is 17.7 Å². The molecule has 0 saturated heterocycles. The Labute approximate surface area is 154 Å². The fraction of sp³-hybridized carbons (Fsp3) is 0.368. The lowest BCUT2D eigenvalue weighted by Gasteiger charge is -2.16. The maximum absolute atomic E-state index is 5.55. The molecule has 0 radical (unpaired) electrons. The molecular weight excluding hydrogens is 332 g/mol. The van der Waals surface area contributed by atoms with E-state index in [1.807, 2.05) is 36.9 Å². The highest BCUT2D eigenvalue weighted by atomic mass is 32.2. The Balaban J connectivity index is 1.81. The first-order valence-electron chi connectivity index (χ1n) is 8.45. The zero-order valence-electron chi connectivity index (χ0n) is 15.0. The summed E-state index contributed by atoms with van der Waals surface area (Å²) in [7, 11) is 1.77. The highest BCUT2D eigenvalue weighted by molar-refractivity contribution is 8.00. The van der Waals surface area contributed by atoms with Crippen LogP contribution in [0.5, 0.6) is 5.88 Å². The number of hydrogen-bond donors (Lipinski definition) is 2. The predicted octanol–water partition coefficient (Wildman–Crippen LogP) is 3.33. The van der Waals surface area contributed by atoms with Gasteiger partial charge in [0.15, 0.2) is 5.96 Å². The Hall–Kier alpha value is -2.21. The number of thioether (sulfide) groups is 1. The van der Waals surface area contributed by atoms with Crippen molar-refractivity contribution in [3.63, 3.8) is 0 Å². The third kappa shape index (κ3) is 6.66. The first-order valence-corrected chi connectivity index (χ1v) is 9.33. The van der Waals surface area contributed by atoms with E-state index in [1.165, 1.54) is 4.90 Å². The van der Waals surface area contributed by atoms with E-state index >= 15 is 0 Å². The molecule has 0 aliphatic carbocycles. The number of nitrogens with one attached hydrogen (secondary N) is 2. The van der Waals surface area contributed by atoms with Gasteiger partial charge < -0.3 is 15.4 Å². The molecule has 2 aromatic rings. The Morgan fingerprint density at radius 3 is 2.72 bits per heavy atom. The quantitative estimate of drug-likeness (QED) is 0.431. The van der Waals surface area contributed by atoms with Crippen LogP contribution in [-0.2, 0) is 6.54 Å². The van der Waals surface area contributed by atoms with Crippen molar-refractivity contribution in [2.75, 3.05) is 20.2 Å². The number of aliphatic imine (C=N–C) groups is 1. The summed E-state index contributed by atoms with van der Waals surface area (Å²) < 4.78 is 5.55. The fourth-order valence-electron chi connectivity index (χ4n) is 2.24. The van der Waals surface area contributed by atoms with E-state index in [0.717, 1.165) is 18.1 Å². The lowest BCUT2D eigenvalue weighted by Crippen LogP contribution is -2.39. The van der Waals surface area contributed by atoms with Gasteiger partial charge >= 0.3 is 0 Å². The highest BCUT2D eigenvalue weighted by Gasteiger charge is 2.08. The largest absolute Gasteiger partial charge is 0.478 e. The molecule has 0 spiro atoms. The van der Waals surface area contributed by atoms with Crippen molar-refractivity contribution in [2.24, 2.45) is 4.99 Å². The fourth-order valence-corrected chi connectivity index (χ4v) is 3.18. The van der Waals surface area contributed by atoms with Crippen LogP contribution in [0.25, 0.3) is 0 Å². The third-order valence-electron chi connectivity index (χ3n) is 3.44. The number of benzene rings is 1. The average molecular weight is 359 g/mol. The summed E-state index contributed by atoms with van der Waals surface area (Å²) >= 11 is 1.84. The number of hydrogen-bond acceptors (Lipinski definition) is 4. The van der Waals surface area contributed by atoms with Crippen LogP contribution in [0, 0.1) is 0 Å². The Morgan fingerprint density at radius 2 is 2.00 bits per heavy atom. The van der Waals surface area contributed by atoms with Gasteiger partial charge in [0.1, 0.15) is 0 Å². The molecule has 0 fully saturated rings. The monoisotopic (exact) mass is 358 g/mol. The second kappa shape index (κ2) is 10.6. The van der Waals surface area contributed by atoms with Gasteiger partial charge in [-0.15, -0.1) is 11.8 Å². The first-order chi connectivity index (χ1) is 12.2. The van der Waals surface area contributed by atoms with Crippen LogP contribution >= 0.6 is 11.8 Å². The molecular formula is C19H26N4OS. The molecule has 5 nitrogen and oxygen atoms in total. The lowest BCUT2D eigenvalue weighted by molar-refractivity contribution is 0.322. The number of pyridine rings is 1. The number of nitrogens with zero attached hydrogens (tertiary/aromatic N) is 2. The molecule has 1 heterocycles. The van der Waals surface area contributed by atoms with Gasteiger partial charge in [0, 0.05) is 42.0 Å². The molecule has 25 heavy (non-hydrogen) atoms. The lowest BCUT2D eigenvalue weighted by atomic mass is 10.2. The summed E-state index contributed by atoms with van der Waals surface area (Å²) in [5, 5.41) is 7.11. The highest BCUT2D eigenvalue weighted by Crippen LogP contribution is 2.21. The molecule has 2 N–H and O–H groups in total. The number of rotatable bonds is 8. The summed E-state index contributed by atoms with van der Waals surface area (Å²) in [5.41, 5.74) is 1.01. The molecule has 1 unspecified atom stereocenters. The third-order valence-corrected chi connectivity index (χ3v) is 4.55. The zero-order valence-corrected chi connectivity index (χ0v) is 15.8. The first kappa shape index (κ1) is 19.1. The van der Waals surface area contributed by atoms with E-state index in [0.29, 0.717) is 24.3 Å². The molecule has 134 valence electrons. The van der Waals surface area contributed by atoms with Crippen molar-refractivity contribution in [1.29, 1.82) is 0 Å². The minimum Gasteiger partial charge on any atom is -0.478 e.